The molecule has 26 heavy (non-hydrogen) atoms. The Balaban J connectivity index is 1.49. The van der Waals surface area contributed by atoms with Gasteiger partial charge in [-0.05, 0) is 43.0 Å². The Hall–Kier alpha value is -2.34. The topological polar surface area (TPSA) is 62.2 Å². The zero-order valence-corrected chi connectivity index (χ0v) is 15.9. The fourth-order valence-electron chi connectivity index (χ4n) is 3.41. The number of hydrogen-bond acceptors (Lipinski definition) is 4. The standard InChI is InChI=1S/C20H29N5O/c1-15(2)16-6-8-17(9-7-16)22-18-5-4-10-25(13-18)14-20(26)23-19-11-21-24(3)12-19/h6-9,11-12,15,18,22H,4-5,10,13-14H2,1-3H3,(H,23,26). The van der Waals surface area contributed by atoms with Crippen molar-refractivity contribution in [3.05, 3.63) is 42.2 Å². The highest BCUT2D eigenvalue weighted by Crippen LogP contribution is 2.20. The van der Waals surface area contributed by atoms with E-state index in [4.69, 9.17) is 0 Å². The number of carbonyl (C=O) groups excluding carboxylic acids is 1. The number of nitrogens with zero attached hydrogens (tertiary/aromatic N) is 3. The molecule has 1 atom stereocenters. The van der Waals surface area contributed by atoms with Crippen LogP contribution in [0.5, 0.6) is 0 Å². The van der Waals surface area contributed by atoms with Crippen LogP contribution in [-0.4, -0.2) is 46.3 Å². The summed E-state index contributed by atoms with van der Waals surface area (Å²) in [5.41, 5.74) is 3.25. The number of piperidine rings is 1. The summed E-state index contributed by atoms with van der Waals surface area (Å²) in [4.78, 5) is 14.5. The number of aromatic nitrogens is 2. The van der Waals surface area contributed by atoms with Gasteiger partial charge in [0.15, 0.2) is 0 Å². The van der Waals surface area contributed by atoms with Crippen LogP contribution >= 0.6 is 0 Å². The van der Waals surface area contributed by atoms with E-state index in [0.29, 0.717) is 18.5 Å². The smallest absolute Gasteiger partial charge is 0.238 e. The summed E-state index contributed by atoms with van der Waals surface area (Å²) in [6, 6.07) is 9.07. The van der Waals surface area contributed by atoms with Gasteiger partial charge in [-0.2, -0.15) is 5.10 Å². The fraction of sp³-hybridized carbons (Fsp3) is 0.500. The summed E-state index contributed by atoms with van der Waals surface area (Å²) in [5, 5.41) is 10.6. The van der Waals surface area contributed by atoms with Gasteiger partial charge >= 0.3 is 0 Å². The highest BCUT2D eigenvalue weighted by Gasteiger charge is 2.21. The molecule has 0 aliphatic carbocycles. The maximum atomic E-state index is 12.2. The third kappa shape index (κ3) is 5.08. The molecule has 2 N–H and O–H groups in total. The summed E-state index contributed by atoms with van der Waals surface area (Å²) in [7, 11) is 1.84. The number of hydrogen-bond donors (Lipinski definition) is 2. The monoisotopic (exact) mass is 355 g/mol. The first-order chi connectivity index (χ1) is 12.5. The minimum absolute atomic E-state index is 0.0138. The normalized spacial score (nSPS) is 18.1. The predicted octanol–water partition coefficient (Wildman–Crippen LogP) is 3.06. The molecule has 6 nitrogen and oxygen atoms in total. The van der Waals surface area contributed by atoms with E-state index in [2.05, 4.69) is 58.7 Å². The van der Waals surface area contributed by atoms with Crippen LogP contribution in [0.1, 0.15) is 38.2 Å². The van der Waals surface area contributed by atoms with Crippen molar-refractivity contribution in [3.8, 4) is 0 Å². The summed E-state index contributed by atoms with van der Waals surface area (Å²) in [6.07, 6.45) is 5.70. The molecule has 0 radical (unpaired) electrons. The maximum absolute atomic E-state index is 12.2. The van der Waals surface area contributed by atoms with Crippen molar-refractivity contribution in [2.45, 2.75) is 38.6 Å². The number of anilines is 2. The Morgan fingerprint density at radius 3 is 2.69 bits per heavy atom. The largest absolute Gasteiger partial charge is 0.381 e. The first-order valence-corrected chi connectivity index (χ1v) is 9.37. The van der Waals surface area contributed by atoms with Gasteiger partial charge in [0.05, 0.1) is 18.4 Å². The Labute approximate surface area is 155 Å². The van der Waals surface area contributed by atoms with E-state index < -0.39 is 0 Å². The van der Waals surface area contributed by atoms with Crippen molar-refractivity contribution in [3.63, 3.8) is 0 Å². The number of amides is 1. The van der Waals surface area contributed by atoms with Crippen LogP contribution in [0.4, 0.5) is 11.4 Å². The van der Waals surface area contributed by atoms with Crippen LogP contribution in [0.2, 0.25) is 0 Å². The second-order valence-corrected chi connectivity index (χ2v) is 7.45. The van der Waals surface area contributed by atoms with E-state index in [-0.39, 0.29) is 5.91 Å². The molecule has 1 aliphatic rings. The lowest BCUT2D eigenvalue weighted by atomic mass is 10.0. The zero-order valence-electron chi connectivity index (χ0n) is 15.9. The SMILES string of the molecule is CC(C)c1ccc(NC2CCCN(CC(=O)Nc3cnn(C)c3)C2)cc1. The molecule has 6 heteroatoms. The molecule has 0 bridgehead atoms. The van der Waals surface area contributed by atoms with Gasteiger partial charge in [-0.3, -0.25) is 14.4 Å². The minimum atomic E-state index is 0.0138. The summed E-state index contributed by atoms with van der Waals surface area (Å²) >= 11 is 0. The molecule has 3 rings (SSSR count). The van der Waals surface area contributed by atoms with Gasteiger partial charge in [0.2, 0.25) is 5.91 Å². The van der Waals surface area contributed by atoms with E-state index in [9.17, 15) is 4.79 Å². The lowest BCUT2D eigenvalue weighted by Crippen LogP contribution is -2.45. The maximum Gasteiger partial charge on any atom is 0.238 e. The molecule has 1 aliphatic heterocycles. The lowest BCUT2D eigenvalue weighted by Gasteiger charge is -2.33. The number of benzene rings is 1. The molecule has 1 fully saturated rings. The molecule has 0 saturated carbocycles. The van der Waals surface area contributed by atoms with Gasteiger partial charge in [-0.15, -0.1) is 0 Å². The van der Waals surface area contributed by atoms with Crippen LogP contribution in [0, 0.1) is 0 Å². The Morgan fingerprint density at radius 2 is 2.04 bits per heavy atom. The number of likely N-dealkylation sites (tertiary alicyclic amines) is 1. The van der Waals surface area contributed by atoms with Crippen molar-refractivity contribution < 1.29 is 4.79 Å². The van der Waals surface area contributed by atoms with E-state index in [1.165, 1.54) is 5.56 Å². The van der Waals surface area contributed by atoms with E-state index in [0.717, 1.165) is 37.3 Å². The molecule has 1 aromatic heterocycles. The van der Waals surface area contributed by atoms with Crippen LogP contribution < -0.4 is 10.6 Å². The predicted molar refractivity (Wildman–Crippen MR) is 105 cm³/mol. The van der Waals surface area contributed by atoms with Gasteiger partial charge in [-0.1, -0.05) is 26.0 Å². The third-order valence-electron chi connectivity index (χ3n) is 4.81. The van der Waals surface area contributed by atoms with Gasteiger partial charge < -0.3 is 10.6 Å². The molecule has 0 spiro atoms. The highest BCUT2D eigenvalue weighted by atomic mass is 16.2. The highest BCUT2D eigenvalue weighted by molar-refractivity contribution is 5.91. The third-order valence-corrected chi connectivity index (χ3v) is 4.81. The van der Waals surface area contributed by atoms with E-state index >= 15 is 0 Å². The first kappa shape index (κ1) is 18.5. The average molecular weight is 355 g/mol. The average Bonchev–Trinajstić information content (AvgIpc) is 3.00. The van der Waals surface area contributed by atoms with Crippen LogP contribution in [0.25, 0.3) is 0 Å². The van der Waals surface area contributed by atoms with Crippen molar-refractivity contribution in [1.29, 1.82) is 0 Å². The van der Waals surface area contributed by atoms with Gasteiger partial charge in [0, 0.05) is 31.5 Å². The minimum Gasteiger partial charge on any atom is -0.381 e. The van der Waals surface area contributed by atoms with Gasteiger partial charge in [-0.25, -0.2) is 0 Å². The summed E-state index contributed by atoms with van der Waals surface area (Å²) in [6.45, 7) is 6.67. The van der Waals surface area contributed by atoms with Gasteiger partial charge in [0.25, 0.3) is 0 Å². The fourth-order valence-corrected chi connectivity index (χ4v) is 3.41. The molecule has 2 heterocycles. The molecule has 1 aromatic carbocycles. The molecule has 1 saturated heterocycles. The van der Waals surface area contributed by atoms with Crippen molar-refractivity contribution in [1.82, 2.24) is 14.7 Å². The Bertz CT molecular complexity index is 722. The van der Waals surface area contributed by atoms with Crippen LogP contribution in [0.15, 0.2) is 36.7 Å². The Kier molecular flexibility index (Phi) is 5.93. The van der Waals surface area contributed by atoms with Crippen LogP contribution in [0.3, 0.4) is 0 Å². The Morgan fingerprint density at radius 1 is 1.27 bits per heavy atom. The molecule has 1 unspecified atom stereocenters. The zero-order chi connectivity index (χ0) is 18.5. The summed E-state index contributed by atoms with van der Waals surface area (Å²) in [5.74, 6) is 0.562. The molecule has 140 valence electrons. The van der Waals surface area contributed by atoms with E-state index in [1.807, 2.05) is 7.05 Å². The van der Waals surface area contributed by atoms with Crippen molar-refractivity contribution in [2.24, 2.45) is 7.05 Å². The van der Waals surface area contributed by atoms with Crippen molar-refractivity contribution >= 4 is 17.3 Å². The molecule has 1 amide bonds. The lowest BCUT2D eigenvalue weighted by molar-refractivity contribution is -0.117. The molecule has 2 aromatic rings. The molecular weight excluding hydrogens is 326 g/mol. The second kappa shape index (κ2) is 8.36. The first-order valence-electron chi connectivity index (χ1n) is 9.37. The van der Waals surface area contributed by atoms with Crippen molar-refractivity contribution in [2.75, 3.05) is 30.3 Å². The summed E-state index contributed by atoms with van der Waals surface area (Å²) < 4.78 is 1.68. The van der Waals surface area contributed by atoms with Gasteiger partial charge in [0.1, 0.15) is 0 Å². The number of rotatable bonds is 6. The number of aryl methyl sites for hydroxylation is 1. The molecular formula is C20H29N5O. The quantitative estimate of drug-likeness (QED) is 0.836. The number of carbonyl (C=O) groups is 1. The van der Waals surface area contributed by atoms with Crippen LogP contribution in [-0.2, 0) is 11.8 Å². The van der Waals surface area contributed by atoms with E-state index in [1.54, 1.807) is 17.1 Å². The number of nitrogens with one attached hydrogen (secondary N) is 2. The second-order valence-electron chi connectivity index (χ2n) is 7.45.